The van der Waals surface area contributed by atoms with Crippen LogP contribution in [0.5, 0.6) is 5.75 Å². The summed E-state index contributed by atoms with van der Waals surface area (Å²) in [4.78, 5) is 28.9. The Kier molecular flexibility index (Phi) is 12.0. The molecule has 0 aliphatic carbocycles. The van der Waals surface area contributed by atoms with Gasteiger partial charge in [0, 0.05) is 18.1 Å². The summed E-state index contributed by atoms with van der Waals surface area (Å²) in [6, 6.07) is 21.3. The molecule has 1 N–H and O–H groups in total. The predicted octanol–water partition coefficient (Wildman–Crippen LogP) is 5.31. The molecule has 0 aliphatic heterocycles. The Balaban J connectivity index is 2.04. The van der Waals surface area contributed by atoms with Crippen LogP contribution in [0.4, 0.5) is 5.69 Å². The van der Waals surface area contributed by atoms with E-state index in [1.165, 1.54) is 30.2 Å². The van der Waals surface area contributed by atoms with Gasteiger partial charge in [-0.1, -0.05) is 80.4 Å². The number of hydrogen-bond acceptors (Lipinski definition) is 5. The smallest absolute Gasteiger partial charge is 0.264 e. The van der Waals surface area contributed by atoms with Crippen molar-refractivity contribution in [3.8, 4) is 5.75 Å². The van der Waals surface area contributed by atoms with E-state index in [1.54, 1.807) is 30.3 Å². The lowest BCUT2D eigenvalue weighted by Gasteiger charge is -2.33. The second-order valence-corrected chi connectivity index (χ2v) is 11.8. The summed E-state index contributed by atoms with van der Waals surface area (Å²) in [5.74, 6) is -0.540. The van der Waals surface area contributed by atoms with Gasteiger partial charge in [-0.3, -0.25) is 13.9 Å². The minimum absolute atomic E-state index is 0.00927. The van der Waals surface area contributed by atoms with E-state index in [0.717, 1.165) is 22.7 Å². The summed E-state index contributed by atoms with van der Waals surface area (Å²) in [5, 5.41) is 3.21. The summed E-state index contributed by atoms with van der Waals surface area (Å²) >= 11 is 6.28. The number of nitrogens with zero attached hydrogens (tertiary/aromatic N) is 2. The number of carbonyl (C=O) groups excluding carboxylic acids is 2. The molecule has 0 aliphatic rings. The average molecular weight is 600 g/mol. The molecule has 0 fully saturated rings. The van der Waals surface area contributed by atoms with Crippen LogP contribution in [0.15, 0.2) is 83.8 Å². The van der Waals surface area contributed by atoms with Crippen LogP contribution in [0.25, 0.3) is 0 Å². The van der Waals surface area contributed by atoms with E-state index in [9.17, 15) is 18.0 Å². The van der Waals surface area contributed by atoms with Crippen molar-refractivity contribution >= 4 is 39.1 Å². The van der Waals surface area contributed by atoms with Crippen LogP contribution in [-0.2, 0) is 26.0 Å². The number of halogens is 1. The number of nitrogens with one attached hydrogen (secondary N) is 1. The summed E-state index contributed by atoms with van der Waals surface area (Å²) in [5.41, 5.74) is 1.12. The summed E-state index contributed by atoms with van der Waals surface area (Å²) in [6.45, 7) is 4.05. The Morgan fingerprint density at radius 3 is 2.24 bits per heavy atom. The zero-order valence-corrected chi connectivity index (χ0v) is 25.3. The fourth-order valence-electron chi connectivity index (χ4n) is 4.49. The van der Waals surface area contributed by atoms with E-state index in [0.29, 0.717) is 19.4 Å². The van der Waals surface area contributed by atoms with Gasteiger partial charge in [-0.2, -0.15) is 0 Å². The molecule has 8 nitrogen and oxygen atoms in total. The minimum Gasteiger partial charge on any atom is -0.495 e. The minimum atomic E-state index is -4.22. The van der Waals surface area contributed by atoms with Gasteiger partial charge in [0.25, 0.3) is 10.0 Å². The second-order valence-electron chi connectivity index (χ2n) is 9.53. The quantitative estimate of drug-likeness (QED) is 0.239. The van der Waals surface area contributed by atoms with Gasteiger partial charge in [0.15, 0.2) is 0 Å². The lowest BCUT2D eigenvalue weighted by molar-refractivity contribution is -0.139. The molecule has 1 atom stereocenters. The largest absolute Gasteiger partial charge is 0.495 e. The summed E-state index contributed by atoms with van der Waals surface area (Å²) in [7, 11) is -2.80. The van der Waals surface area contributed by atoms with Gasteiger partial charge in [0.2, 0.25) is 11.8 Å². The maximum absolute atomic E-state index is 14.1. The molecule has 3 aromatic rings. The zero-order valence-electron chi connectivity index (χ0n) is 23.8. The Bertz CT molecular complexity index is 1390. The van der Waals surface area contributed by atoms with E-state index in [4.69, 9.17) is 16.3 Å². The van der Waals surface area contributed by atoms with Crippen molar-refractivity contribution in [2.24, 2.45) is 0 Å². The van der Waals surface area contributed by atoms with Crippen LogP contribution < -0.4 is 14.4 Å². The fourth-order valence-corrected chi connectivity index (χ4v) is 6.10. The molecule has 0 unspecified atom stereocenters. The molecule has 10 heteroatoms. The Morgan fingerprint density at radius 1 is 0.976 bits per heavy atom. The monoisotopic (exact) mass is 599 g/mol. The van der Waals surface area contributed by atoms with Crippen molar-refractivity contribution < 1.29 is 22.7 Å². The van der Waals surface area contributed by atoms with E-state index >= 15 is 0 Å². The lowest BCUT2D eigenvalue weighted by atomic mass is 10.1. The van der Waals surface area contributed by atoms with Crippen molar-refractivity contribution in [1.29, 1.82) is 0 Å². The van der Waals surface area contributed by atoms with Crippen molar-refractivity contribution in [3.05, 3.63) is 89.4 Å². The first kappa shape index (κ1) is 32.0. The van der Waals surface area contributed by atoms with Crippen molar-refractivity contribution in [1.82, 2.24) is 10.2 Å². The molecule has 3 rings (SSSR count). The molecule has 0 bridgehead atoms. The summed E-state index contributed by atoms with van der Waals surface area (Å²) < 4.78 is 34.4. The van der Waals surface area contributed by atoms with Gasteiger partial charge < -0.3 is 15.0 Å². The zero-order chi connectivity index (χ0) is 29.8. The molecule has 220 valence electrons. The second kappa shape index (κ2) is 15.4. The van der Waals surface area contributed by atoms with Crippen molar-refractivity contribution in [2.45, 2.75) is 50.5 Å². The third-order valence-corrected chi connectivity index (χ3v) is 8.73. The Hall–Kier alpha value is -3.56. The molecule has 2 amide bonds. The highest BCUT2D eigenvalue weighted by molar-refractivity contribution is 7.92. The first-order valence-corrected chi connectivity index (χ1v) is 15.6. The third kappa shape index (κ3) is 8.47. The number of anilines is 1. The molecule has 0 heterocycles. The molecule has 41 heavy (non-hydrogen) atoms. The van der Waals surface area contributed by atoms with Gasteiger partial charge in [0.1, 0.15) is 18.3 Å². The van der Waals surface area contributed by atoms with E-state index in [-0.39, 0.29) is 33.8 Å². The average Bonchev–Trinajstić information content (AvgIpc) is 2.98. The number of benzene rings is 3. The highest BCUT2D eigenvalue weighted by Crippen LogP contribution is 2.35. The lowest BCUT2D eigenvalue weighted by Crippen LogP contribution is -2.53. The normalized spacial score (nSPS) is 11.9. The molecular formula is C31H38ClN3O5S. The van der Waals surface area contributed by atoms with Gasteiger partial charge in [-0.15, -0.1) is 0 Å². The molecule has 0 aromatic heterocycles. The van der Waals surface area contributed by atoms with E-state index in [1.807, 2.05) is 44.2 Å². The van der Waals surface area contributed by atoms with Crippen molar-refractivity contribution in [2.75, 3.05) is 31.0 Å². The van der Waals surface area contributed by atoms with E-state index in [2.05, 4.69) is 5.32 Å². The van der Waals surface area contributed by atoms with Gasteiger partial charge >= 0.3 is 0 Å². The van der Waals surface area contributed by atoms with Crippen LogP contribution in [0, 0.1) is 0 Å². The number of amides is 2. The topological polar surface area (TPSA) is 96.0 Å². The number of hydrogen-bond donors (Lipinski definition) is 1. The number of rotatable bonds is 15. The molecule has 0 radical (unpaired) electrons. The number of sulfonamides is 1. The fraction of sp³-hybridized carbons (Fsp3) is 0.355. The van der Waals surface area contributed by atoms with Crippen LogP contribution in [0.1, 0.15) is 38.7 Å². The predicted molar refractivity (Wildman–Crippen MR) is 163 cm³/mol. The summed E-state index contributed by atoms with van der Waals surface area (Å²) in [6.07, 6.45) is 2.60. The highest BCUT2D eigenvalue weighted by Gasteiger charge is 2.34. The first-order valence-electron chi connectivity index (χ1n) is 13.7. The third-order valence-electron chi connectivity index (χ3n) is 6.72. The maximum Gasteiger partial charge on any atom is 0.264 e. The van der Waals surface area contributed by atoms with Crippen LogP contribution in [0.2, 0.25) is 5.02 Å². The molecule has 0 saturated heterocycles. The number of unbranched alkanes of at least 4 members (excludes halogenated alkanes) is 1. The SMILES string of the molecule is CCCCNC(=O)[C@H](CC)N(CCc1ccccc1)C(=O)CN(c1cc(Cl)ccc1OC)S(=O)(=O)c1ccccc1. The molecule has 0 saturated carbocycles. The van der Waals surface area contributed by atoms with E-state index < -0.39 is 28.5 Å². The first-order chi connectivity index (χ1) is 19.7. The number of methoxy groups -OCH3 is 1. The van der Waals surface area contributed by atoms with Crippen LogP contribution >= 0.6 is 11.6 Å². The molecular weight excluding hydrogens is 562 g/mol. The van der Waals surface area contributed by atoms with Gasteiger partial charge in [-0.25, -0.2) is 8.42 Å². The van der Waals surface area contributed by atoms with Gasteiger partial charge in [-0.05, 0) is 55.2 Å². The Morgan fingerprint density at radius 2 is 1.63 bits per heavy atom. The van der Waals surface area contributed by atoms with Gasteiger partial charge in [0.05, 0.1) is 17.7 Å². The molecule has 3 aromatic carbocycles. The Labute approximate surface area is 248 Å². The van der Waals surface area contributed by atoms with Crippen LogP contribution in [0.3, 0.4) is 0 Å². The number of carbonyl (C=O) groups is 2. The molecule has 0 spiro atoms. The standard InChI is InChI=1S/C31H38ClN3O5S/c1-4-6-20-33-31(37)27(5-2)34(21-19-24-13-9-7-10-14-24)30(36)23-35(28-22-25(32)17-18-29(28)40-3)41(38,39)26-15-11-8-12-16-26/h7-18,22,27H,4-6,19-21,23H2,1-3H3,(H,33,37)/t27-/m0/s1. The van der Waals surface area contributed by atoms with Crippen molar-refractivity contribution in [3.63, 3.8) is 0 Å². The highest BCUT2D eigenvalue weighted by atomic mass is 35.5. The van der Waals surface area contributed by atoms with Crippen LogP contribution in [-0.4, -0.2) is 57.9 Å². The number of ether oxygens (including phenoxy) is 1. The maximum atomic E-state index is 14.1.